The minimum atomic E-state index is -0.323. The molecule has 0 heterocycles. The molecule has 2 rings (SSSR count). The van der Waals surface area contributed by atoms with Crippen molar-refractivity contribution in [3.05, 3.63) is 52.0 Å². The van der Waals surface area contributed by atoms with Crippen LogP contribution in [0.1, 0.15) is 5.56 Å². The number of aryl methyl sites for hydroxylation is 1. The van der Waals surface area contributed by atoms with Gasteiger partial charge in [0.25, 0.3) is 5.91 Å². The maximum atomic E-state index is 11.8. The van der Waals surface area contributed by atoms with E-state index in [1.807, 2.05) is 6.92 Å². The number of nitrogens with one attached hydrogen (secondary N) is 1. The van der Waals surface area contributed by atoms with E-state index in [4.69, 9.17) is 33.7 Å². The quantitative estimate of drug-likeness (QED) is 0.838. The molecule has 4 nitrogen and oxygen atoms in total. The van der Waals surface area contributed by atoms with Crippen LogP contribution in [0, 0.1) is 6.92 Å². The summed E-state index contributed by atoms with van der Waals surface area (Å²) in [5.41, 5.74) is 7.61. The first kappa shape index (κ1) is 15.5. The fourth-order valence-corrected chi connectivity index (χ4v) is 1.97. The first-order valence-electron chi connectivity index (χ1n) is 6.19. The molecule has 0 aliphatic carbocycles. The van der Waals surface area contributed by atoms with Gasteiger partial charge in [0.15, 0.2) is 6.61 Å². The third-order valence-electron chi connectivity index (χ3n) is 2.79. The summed E-state index contributed by atoms with van der Waals surface area (Å²) >= 11 is 11.8. The van der Waals surface area contributed by atoms with Crippen LogP contribution in [0.25, 0.3) is 0 Å². The molecule has 6 heteroatoms. The Hall–Kier alpha value is -1.91. The Morgan fingerprint density at radius 2 is 1.90 bits per heavy atom. The topological polar surface area (TPSA) is 64.3 Å². The van der Waals surface area contributed by atoms with Gasteiger partial charge in [-0.3, -0.25) is 4.79 Å². The number of rotatable bonds is 4. The molecule has 0 aliphatic heterocycles. The van der Waals surface area contributed by atoms with Gasteiger partial charge in [0.1, 0.15) is 5.75 Å². The highest BCUT2D eigenvalue weighted by Crippen LogP contribution is 2.26. The zero-order valence-corrected chi connectivity index (χ0v) is 12.8. The molecular formula is C15H14Cl2N2O2. The predicted octanol–water partition coefficient (Wildman–Crippen LogP) is 3.90. The second-order valence-electron chi connectivity index (χ2n) is 4.48. The van der Waals surface area contributed by atoms with Gasteiger partial charge >= 0.3 is 0 Å². The highest BCUT2D eigenvalue weighted by atomic mass is 35.5. The molecule has 0 saturated carbocycles. The summed E-state index contributed by atoms with van der Waals surface area (Å²) in [5, 5.41) is 3.81. The number of hydrogen-bond acceptors (Lipinski definition) is 3. The van der Waals surface area contributed by atoms with E-state index in [0.717, 1.165) is 5.56 Å². The number of carbonyl (C=O) groups is 1. The van der Waals surface area contributed by atoms with Crippen molar-refractivity contribution in [2.45, 2.75) is 6.92 Å². The van der Waals surface area contributed by atoms with Gasteiger partial charge in [-0.1, -0.05) is 23.2 Å². The van der Waals surface area contributed by atoms with Crippen molar-refractivity contribution in [1.82, 2.24) is 0 Å². The first-order chi connectivity index (χ1) is 9.95. The lowest BCUT2D eigenvalue weighted by molar-refractivity contribution is -0.118. The monoisotopic (exact) mass is 324 g/mol. The number of hydrogen-bond donors (Lipinski definition) is 2. The zero-order chi connectivity index (χ0) is 15.4. The molecule has 0 atom stereocenters. The smallest absolute Gasteiger partial charge is 0.262 e. The second-order valence-corrected chi connectivity index (χ2v) is 5.32. The molecule has 0 radical (unpaired) electrons. The van der Waals surface area contributed by atoms with Crippen LogP contribution in [-0.4, -0.2) is 12.5 Å². The van der Waals surface area contributed by atoms with Crippen LogP contribution in [0.5, 0.6) is 5.75 Å². The van der Waals surface area contributed by atoms with Crippen molar-refractivity contribution in [3.63, 3.8) is 0 Å². The largest absolute Gasteiger partial charge is 0.484 e. The summed E-state index contributed by atoms with van der Waals surface area (Å²) < 4.78 is 5.34. The van der Waals surface area contributed by atoms with E-state index in [0.29, 0.717) is 27.2 Å². The van der Waals surface area contributed by atoms with Crippen molar-refractivity contribution < 1.29 is 9.53 Å². The highest BCUT2D eigenvalue weighted by Gasteiger charge is 2.08. The number of benzene rings is 2. The molecule has 0 unspecified atom stereocenters. The van der Waals surface area contributed by atoms with Crippen LogP contribution in [0.3, 0.4) is 0 Å². The molecule has 1 amide bonds. The van der Waals surface area contributed by atoms with E-state index in [1.54, 1.807) is 36.4 Å². The molecule has 21 heavy (non-hydrogen) atoms. The maximum absolute atomic E-state index is 11.8. The second kappa shape index (κ2) is 6.70. The third kappa shape index (κ3) is 4.28. The van der Waals surface area contributed by atoms with Crippen molar-refractivity contribution >= 4 is 40.5 Å². The molecule has 2 aromatic rings. The first-order valence-corrected chi connectivity index (χ1v) is 6.95. The lowest BCUT2D eigenvalue weighted by atomic mass is 10.2. The van der Waals surface area contributed by atoms with Crippen LogP contribution in [0.2, 0.25) is 10.0 Å². The molecule has 0 spiro atoms. The fraction of sp³-hybridized carbons (Fsp3) is 0.133. The summed E-state index contributed by atoms with van der Waals surface area (Å²) in [6, 6.07) is 10.1. The average Bonchev–Trinajstić information content (AvgIpc) is 2.44. The highest BCUT2D eigenvalue weighted by molar-refractivity contribution is 6.32. The van der Waals surface area contributed by atoms with E-state index in [9.17, 15) is 4.79 Å². The Bertz CT molecular complexity index is 657. The van der Waals surface area contributed by atoms with Crippen LogP contribution in [-0.2, 0) is 4.79 Å². The summed E-state index contributed by atoms with van der Waals surface area (Å²) in [6.45, 7) is 1.71. The molecule has 0 bridgehead atoms. The fourth-order valence-electron chi connectivity index (χ4n) is 1.68. The van der Waals surface area contributed by atoms with Crippen LogP contribution >= 0.6 is 23.2 Å². The predicted molar refractivity (Wildman–Crippen MR) is 86.2 cm³/mol. The van der Waals surface area contributed by atoms with Gasteiger partial charge in [-0.15, -0.1) is 0 Å². The molecule has 2 aromatic carbocycles. The van der Waals surface area contributed by atoms with Gasteiger partial charge in [-0.25, -0.2) is 0 Å². The van der Waals surface area contributed by atoms with Crippen LogP contribution in [0.4, 0.5) is 11.4 Å². The van der Waals surface area contributed by atoms with Gasteiger partial charge in [0, 0.05) is 10.0 Å². The van der Waals surface area contributed by atoms with Gasteiger partial charge in [0.05, 0.1) is 11.4 Å². The van der Waals surface area contributed by atoms with Crippen molar-refractivity contribution in [2.24, 2.45) is 0 Å². The zero-order valence-electron chi connectivity index (χ0n) is 11.3. The number of ether oxygens (including phenoxy) is 1. The van der Waals surface area contributed by atoms with Gasteiger partial charge in [-0.2, -0.15) is 0 Å². The maximum Gasteiger partial charge on any atom is 0.262 e. The molecule has 0 aliphatic rings. The number of halogens is 2. The molecule has 0 aromatic heterocycles. The number of nitrogen functional groups attached to an aromatic ring is 1. The van der Waals surface area contributed by atoms with Gasteiger partial charge in [-0.05, 0) is 48.9 Å². The van der Waals surface area contributed by atoms with E-state index >= 15 is 0 Å². The molecule has 0 saturated heterocycles. The minimum absolute atomic E-state index is 0.132. The number of carbonyl (C=O) groups excluding carboxylic acids is 1. The van der Waals surface area contributed by atoms with E-state index in [2.05, 4.69) is 5.32 Å². The van der Waals surface area contributed by atoms with Crippen LogP contribution in [0.15, 0.2) is 36.4 Å². The lowest BCUT2D eigenvalue weighted by Crippen LogP contribution is -2.20. The summed E-state index contributed by atoms with van der Waals surface area (Å²) in [7, 11) is 0. The standard InChI is InChI=1S/C15H14Cl2N2O2/c1-9-6-13(18)14(7-12(9)17)19-15(20)8-21-11-4-2-10(16)3-5-11/h2-7H,8,18H2,1H3,(H,19,20). The Morgan fingerprint density at radius 1 is 1.24 bits per heavy atom. The normalized spacial score (nSPS) is 10.2. The van der Waals surface area contributed by atoms with E-state index in [-0.39, 0.29) is 12.5 Å². The number of amides is 1. The Labute approximate surface area is 132 Å². The SMILES string of the molecule is Cc1cc(N)c(NC(=O)COc2ccc(Cl)cc2)cc1Cl. The Morgan fingerprint density at radius 3 is 2.57 bits per heavy atom. The number of anilines is 2. The third-order valence-corrected chi connectivity index (χ3v) is 3.45. The van der Waals surface area contributed by atoms with Crippen molar-refractivity contribution in [3.8, 4) is 5.75 Å². The molecule has 3 N–H and O–H groups in total. The van der Waals surface area contributed by atoms with Gasteiger partial charge in [0.2, 0.25) is 0 Å². The molecule has 110 valence electrons. The van der Waals surface area contributed by atoms with E-state index in [1.165, 1.54) is 0 Å². The summed E-state index contributed by atoms with van der Waals surface area (Å²) in [4.78, 5) is 11.8. The Kier molecular flexibility index (Phi) is 4.94. The molecule has 0 fully saturated rings. The lowest BCUT2D eigenvalue weighted by Gasteiger charge is -2.11. The van der Waals surface area contributed by atoms with Gasteiger partial charge < -0.3 is 15.8 Å². The summed E-state index contributed by atoms with van der Waals surface area (Å²) in [5.74, 6) is 0.237. The van der Waals surface area contributed by atoms with E-state index < -0.39 is 0 Å². The minimum Gasteiger partial charge on any atom is -0.484 e. The van der Waals surface area contributed by atoms with Crippen LogP contribution < -0.4 is 15.8 Å². The van der Waals surface area contributed by atoms with Crippen molar-refractivity contribution in [1.29, 1.82) is 0 Å². The Balaban J connectivity index is 1.96. The van der Waals surface area contributed by atoms with Crippen molar-refractivity contribution in [2.75, 3.05) is 17.7 Å². The summed E-state index contributed by atoms with van der Waals surface area (Å²) in [6.07, 6.45) is 0. The average molecular weight is 325 g/mol. The molecular weight excluding hydrogens is 311 g/mol. The number of nitrogens with two attached hydrogens (primary N) is 1.